The molecule has 0 radical (unpaired) electrons. The number of hydrogen-bond acceptors (Lipinski definition) is 2. The summed E-state index contributed by atoms with van der Waals surface area (Å²) in [4.78, 5) is 2.73. The summed E-state index contributed by atoms with van der Waals surface area (Å²) < 4.78 is 0. The average molecular weight is 268 g/mol. The predicted octanol–water partition coefficient (Wildman–Crippen LogP) is 3.77. The normalized spacial score (nSPS) is 25.4. The van der Waals surface area contributed by atoms with E-state index in [9.17, 15) is 0 Å². The second kappa shape index (κ2) is 7.64. The maximum absolute atomic E-state index is 3.70. The lowest BCUT2D eigenvalue weighted by molar-refractivity contribution is 0.127. The quantitative estimate of drug-likeness (QED) is 0.721. The van der Waals surface area contributed by atoms with Gasteiger partial charge in [-0.1, -0.05) is 34.6 Å². The molecule has 0 amide bonds. The third-order valence-electron chi connectivity index (χ3n) is 5.00. The maximum atomic E-state index is 3.70. The fourth-order valence-corrected chi connectivity index (χ4v) is 3.44. The van der Waals surface area contributed by atoms with Crippen LogP contribution in [0.4, 0.5) is 0 Å². The van der Waals surface area contributed by atoms with Crippen molar-refractivity contribution in [1.82, 2.24) is 10.2 Å². The van der Waals surface area contributed by atoms with Crippen LogP contribution in [0.15, 0.2) is 0 Å². The molecular formula is C17H36N2. The van der Waals surface area contributed by atoms with Crippen LogP contribution in [0.2, 0.25) is 0 Å². The van der Waals surface area contributed by atoms with E-state index in [0.29, 0.717) is 5.41 Å². The van der Waals surface area contributed by atoms with E-state index < -0.39 is 0 Å². The molecule has 0 aliphatic carbocycles. The van der Waals surface area contributed by atoms with E-state index in [1.165, 1.54) is 38.9 Å². The van der Waals surface area contributed by atoms with Gasteiger partial charge in [-0.3, -0.25) is 4.90 Å². The molecule has 1 rings (SSSR count). The van der Waals surface area contributed by atoms with Crippen LogP contribution < -0.4 is 5.32 Å². The Morgan fingerprint density at radius 1 is 1.21 bits per heavy atom. The largest absolute Gasteiger partial charge is 0.316 e. The summed E-state index contributed by atoms with van der Waals surface area (Å²) >= 11 is 0. The third kappa shape index (κ3) is 5.07. The van der Waals surface area contributed by atoms with Crippen molar-refractivity contribution in [2.75, 3.05) is 26.2 Å². The van der Waals surface area contributed by atoms with Crippen molar-refractivity contribution in [1.29, 1.82) is 0 Å². The number of rotatable bonds is 8. The molecule has 0 spiro atoms. The predicted molar refractivity (Wildman–Crippen MR) is 85.5 cm³/mol. The van der Waals surface area contributed by atoms with Gasteiger partial charge in [0.2, 0.25) is 0 Å². The molecule has 1 fully saturated rings. The fourth-order valence-electron chi connectivity index (χ4n) is 3.44. The first kappa shape index (κ1) is 17.0. The molecule has 2 nitrogen and oxygen atoms in total. The Kier molecular flexibility index (Phi) is 6.82. The van der Waals surface area contributed by atoms with Gasteiger partial charge in [0.05, 0.1) is 0 Å². The molecule has 2 atom stereocenters. The summed E-state index contributed by atoms with van der Waals surface area (Å²) in [6.45, 7) is 19.0. The number of hydrogen-bond donors (Lipinski definition) is 1. The van der Waals surface area contributed by atoms with Gasteiger partial charge >= 0.3 is 0 Å². The molecule has 0 bridgehead atoms. The van der Waals surface area contributed by atoms with Crippen molar-refractivity contribution in [3.63, 3.8) is 0 Å². The number of nitrogens with one attached hydrogen (secondary N) is 1. The van der Waals surface area contributed by atoms with Crippen molar-refractivity contribution < 1.29 is 0 Å². The first-order valence-electron chi connectivity index (χ1n) is 8.37. The average Bonchev–Trinajstić information content (AvgIpc) is 2.66. The van der Waals surface area contributed by atoms with E-state index in [-0.39, 0.29) is 0 Å². The Balaban J connectivity index is 2.55. The van der Waals surface area contributed by atoms with Crippen LogP contribution in [0, 0.1) is 17.3 Å². The Labute approximate surface area is 121 Å². The summed E-state index contributed by atoms with van der Waals surface area (Å²) in [5, 5.41) is 3.70. The van der Waals surface area contributed by atoms with Crippen LogP contribution in [0.5, 0.6) is 0 Å². The highest BCUT2D eigenvalue weighted by Crippen LogP contribution is 2.32. The van der Waals surface area contributed by atoms with Gasteiger partial charge in [0.15, 0.2) is 0 Å². The highest BCUT2D eigenvalue weighted by Gasteiger charge is 2.34. The Morgan fingerprint density at radius 2 is 1.84 bits per heavy atom. The topological polar surface area (TPSA) is 15.3 Å². The molecule has 0 aromatic rings. The maximum Gasteiger partial charge on any atom is 0.00702 e. The van der Waals surface area contributed by atoms with E-state index in [1.807, 2.05) is 0 Å². The smallest absolute Gasteiger partial charge is 0.00702 e. The zero-order chi connectivity index (χ0) is 14.5. The van der Waals surface area contributed by atoms with Crippen molar-refractivity contribution >= 4 is 0 Å². The van der Waals surface area contributed by atoms with Crippen LogP contribution in [-0.4, -0.2) is 37.1 Å². The second-order valence-corrected chi connectivity index (χ2v) is 7.35. The van der Waals surface area contributed by atoms with Gasteiger partial charge in [-0.15, -0.1) is 0 Å². The first-order valence-corrected chi connectivity index (χ1v) is 8.37. The van der Waals surface area contributed by atoms with Gasteiger partial charge in [0, 0.05) is 25.7 Å². The Hall–Kier alpha value is -0.0800. The minimum absolute atomic E-state index is 0.465. The molecule has 0 aromatic carbocycles. The molecule has 2 unspecified atom stereocenters. The lowest BCUT2D eigenvalue weighted by Crippen LogP contribution is -2.45. The van der Waals surface area contributed by atoms with E-state index in [4.69, 9.17) is 0 Å². The molecular weight excluding hydrogens is 232 g/mol. The summed E-state index contributed by atoms with van der Waals surface area (Å²) in [6.07, 6.45) is 3.95. The SMILES string of the molecule is CCC(CC)(CNCC(C)C)CN1CC(C)CC1C. The van der Waals surface area contributed by atoms with Gasteiger partial charge in [-0.05, 0) is 50.0 Å². The van der Waals surface area contributed by atoms with E-state index in [2.05, 4.69) is 51.8 Å². The fraction of sp³-hybridized carbons (Fsp3) is 1.00. The molecule has 114 valence electrons. The van der Waals surface area contributed by atoms with Gasteiger partial charge < -0.3 is 5.32 Å². The van der Waals surface area contributed by atoms with Gasteiger partial charge in [0.1, 0.15) is 0 Å². The van der Waals surface area contributed by atoms with Gasteiger partial charge in [-0.2, -0.15) is 0 Å². The minimum atomic E-state index is 0.465. The van der Waals surface area contributed by atoms with Crippen LogP contribution in [0.3, 0.4) is 0 Å². The third-order valence-corrected chi connectivity index (χ3v) is 5.00. The van der Waals surface area contributed by atoms with Crippen LogP contribution in [-0.2, 0) is 0 Å². The lowest BCUT2D eigenvalue weighted by Gasteiger charge is -2.38. The molecule has 19 heavy (non-hydrogen) atoms. The van der Waals surface area contributed by atoms with Crippen molar-refractivity contribution in [3.8, 4) is 0 Å². The van der Waals surface area contributed by atoms with Gasteiger partial charge in [0.25, 0.3) is 0 Å². The molecule has 2 heteroatoms. The Morgan fingerprint density at radius 3 is 2.26 bits per heavy atom. The monoisotopic (exact) mass is 268 g/mol. The van der Waals surface area contributed by atoms with Crippen LogP contribution in [0.25, 0.3) is 0 Å². The van der Waals surface area contributed by atoms with Gasteiger partial charge in [-0.25, -0.2) is 0 Å². The Bertz CT molecular complexity index is 246. The molecule has 1 aliphatic rings. The van der Waals surface area contributed by atoms with Crippen molar-refractivity contribution in [2.24, 2.45) is 17.3 Å². The molecule has 1 aliphatic heterocycles. The summed E-state index contributed by atoms with van der Waals surface area (Å²) in [6, 6.07) is 0.776. The van der Waals surface area contributed by atoms with Crippen molar-refractivity contribution in [2.45, 2.75) is 66.8 Å². The van der Waals surface area contributed by atoms with Crippen LogP contribution in [0.1, 0.15) is 60.8 Å². The molecule has 0 saturated carbocycles. The van der Waals surface area contributed by atoms with E-state index >= 15 is 0 Å². The molecule has 0 aromatic heterocycles. The molecule has 1 N–H and O–H groups in total. The highest BCUT2D eigenvalue weighted by atomic mass is 15.2. The first-order chi connectivity index (χ1) is 8.92. The highest BCUT2D eigenvalue weighted by molar-refractivity contribution is 4.88. The number of likely N-dealkylation sites (tertiary alicyclic amines) is 1. The van der Waals surface area contributed by atoms with Crippen LogP contribution >= 0.6 is 0 Å². The summed E-state index contributed by atoms with van der Waals surface area (Å²) in [5.41, 5.74) is 0.465. The second-order valence-electron chi connectivity index (χ2n) is 7.35. The standard InChI is InChI=1S/C17H36N2/c1-7-17(8-2,12-18-10-14(3)4)13-19-11-15(5)9-16(19)6/h14-16,18H,7-13H2,1-6H3. The molecule has 1 saturated heterocycles. The zero-order valence-corrected chi connectivity index (χ0v) is 14.1. The van der Waals surface area contributed by atoms with E-state index in [0.717, 1.165) is 24.4 Å². The number of nitrogens with zero attached hydrogens (tertiary/aromatic N) is 1. The zero-order valence-electron chi connectivity index (χ0n) is 14.1. The summed E-state index contributed by atoms with van der Waals surface area (Å²) in [7, 11) is 0. The summed E-state index contributed by atoms with van der Waals surface area (Å²) in [5.74, 6) is 1.63. The minimum Gasteiger partial charge on any atom is -0.316 e. The lowest BCUT2D eigenvalue weighted by atomic mass is 9.81. The van der Waals surface area contributed by atoms with Crippen molar-refractivity contribution in [3.05, 3.63) is 0 Å². The van der Waals surface area contributed by atoms with E-state index in [1.54, 1.807) is 0 Å². The molecule has 1 heterocycles.